The number of aryl methyl sites for hydroxylation is 1. The van der Waals surface area contributed by atoms with E-state index in [9.17, 15) is 9.59 Å². The highest BCUT2D eigenvalue weighted by Gasteiger charge is 2.32. The van der Waals surface area contributed by atoms with Crippen LogP contribution in [-0.4, -0.2) is 34.0 Å². The van der Waals surface area contributed by atoms with Gasteiger partial charge in [0.15, 0.2) is 0 Å². The fourth-order valence-electron chi connectivity index (χ4n) is 4.07. The number of rotatable bonds is 11. The highest BCUT2D eigenvalue weighted by molar-refractivity contribution is 7.99. The van der Waals surface area contributed by atoms with Crippen LogP contribution in [0.1, 0.15) is 50.3 Å². The molecule has 0 saturated carbocycles. The highest BCUT2D eigenvalue weighted by Crippen LogP contribution is 2.23. The Kier molecular flexibility index (Phi) is 10.7. The third kappa shape index (κ3) is 9.56. The van der Waals surface area contributed by atoms with E-state index in [4.69, 9.17) is 11.6 Å². The molecule has 0 spiro atoms. The molecule has 0 saturated heterocycles. The lowest BCUT2D eigenvalue weighted by Crippen LogP contribution is -2.54. The van der Waals surface area contributed by atoms with Crippen LogP contribution in [0.5, 0.6) is 0 Å². The Morgan fingerprint density at radius 1 is 0.946 bits per heavy atom. The van der Waals surface area contributed by atoms with E-state index in [1.54, 1.807) is 16.7 Å². The summed E-state index contributed by atoms with van der Waals surface area (Å²) in [5, 5.41) is 3.83. The normalized spacial score (nSPS) is 12.1. The topological polar surface area (TPSA) is 49.4 Å². The molecule has 0 fully saturated rings. The van der Waals surface area contributed by atoms with Crippen LogP contribution < -0.4 is 5.32 Å². The summed E-state index contributed by atoms with van der Waals surface area (Å²) in [5.74, 6) is 0.669. The van der Waals surface area contributed by atoms with Crippen molar-refractivity contribution >= 4 is 35.2 Å². The maximum Gasteiger partial charge on any atom is 0.243 e. The van der Waals surface area contributed by atoms with Crippen LogP contribution in [0.15, 0.2) is 83.8 Å². The van der Waals surface area contributed by atoms with Gasteiger partial charge in [-0.15, -0.1) is 11.8 Å². The number of nitrogens with one attached hydrogen (secondary N) is 1. The van der Waals surface area contributed by atoms with E-state index in [2.05, 4.69) is 5.32 Å². The standard InChI is InChI=1S/C31H37ClN2O2S/c1-23-11-8-9-14-25(23)22-34(29(35)15-10-20-37-27-18-16-26(32)17-19-27)28(30(36)33-31(2,3)4)21-24-12-6-5-7-13-24/h5-9,11-14,16-19,28H,10,15,20-22H2,1-4H3,(H,33,36). The molecular formula is C31H37ClN2O2S. The Labute approximate surface area is 230 Å². The first-order chi connectivity index (χ1) is 17.6. The van der Waals surface area contributed by atoms with Crippen LogP contribution in [0.4, 0.5) is 0 Å². The summed E-state index contributed by atoms with van der Waals surface area (Å²) < 4.78 is 0. The number of halogens is 1. The Morgan fingerprint density at radius 2 is 1.59 bits per heavy atom. The van der Waals surface area contributed by atoms with Crippen molar-refractivity contribution < 1.29 is 9.59 Å². The molecule has 1 atom stereocenters. The van der Waals surface area contributed by atoms with E-state index in [-0.39, 0.29) is 11.8 Å². The first kappa shape index (κ1) is 28.8. The molecule has 196 valence electrons. The van der Waals surface area contributed by atoms with Crippen LogP contribution in [0.25, 0.3) is 0 Å². The Bertz CT molecular complexity index is 1160. The molecule has 0 aromatic heterocycles. The van der Waals surface area contributed by atoms with Gasteiger partial charge in [0.05, 0.1) is 0 Å². The summed E-state index contributed by atoms with van der Waals surface area (Å²) in [4.78, 5) is 30.2. The number of nitrogens with zero attached hydrogens (tertiary/aromatic N) is 1. The van der Waals surface area contributed by atoms with Gasteiger partial charge in [-0.05, 0) is 80.8 Å². The van der Waals surface area contributed by atoms with Crippen molar-refractivity contribution in [2.24, 2.45) is 0 Å². The Balaban J connectivity index is 1.81. The Morgan fingerprint density at radius 3 is 2.24 bits per heavy atom. The largest absolute Gasteiger partial charge is 0.350 e. The van der Waals surface area contributed by atoms with Crippen molar-refractivity contribution in [1.29, 1.82) is 0 Å². The molecule has 6 heteroatoms. The van der Waals surface area contributed by atoms with E-state index in [1.807, 2.05) is 107 Å². The summed E-state index contributed by atoms with van der Waals surface area (Å²) in [7, 11) is 0. The molecule has 3 aromatic carbocycles. The average Bonchev–Trinajstić information content (AvgIpc) is 2.85. The minimum atomic E-state index is -0.613. The van der Waals surface area contributed by atoms with E-state index in [0.717, 1.165) is 33.8 Å². The lowest BCUT2D eigenvalue weighted by atomic mass is 9.99. The first-order valence-electron chi connectivity index (χ1n) is 12.7. The number of thioether (sulfide) groups is 1. The van der Waals surface area contributed by atoms with E-state index in [1.165, 1.54) is 0 Å². The van der Waals surface area contributed by atoms with Gasteiger partial charge in [-0.2, -0.15) is 0 Å². The predicted molar refractivity (Wildman–Crippen MR) is 155 cm³/mol. The third-order valence-corrected chi connectivity index (χ3v) is 7.34. The van der Waals surface area contributed by atoms with Gasteiger partial charge in [0.2, 0.25) is 11.8 Å². The summed E-state index contributed by atoms with van der Waals surface area (Å²) >= 11 is 7.69. The van der Waals surface area contributed by atoms with Crippen LogP contribution in [0, 0.1) is 6.92 Å². The molecule has 37 heavy (non-hydrogen) atoms. The van der Waals surface area contributed by atoms with Gasteiger partial charge >= 0.3 is 0 Å². The fourth-order valence-corrected chi connectivity index (χ4v) is 5.04. The van der Waals surface area contributed by atoms with Crippen molar-refractivity contribution in [3.8, 4) is 0 Å². The molecule has 1 N–H and O–H groups in total. The van der Waals surface area contributed by atoms with Crippen molar-refractivity contribution in [2.45, 2.75) is 70.0 Å². The van der Waals surface area contributed by atoms with Gasteiger partial charge < -0.3 is 10.2 Å². The van der Waals surface area contributed by atoms with Crippen molar-refractivity contribution in [2.75, 3.05) is 5.75 Å². The number of amides is 2. The van der Waals surface area contributed by atoms with E-state index >= 15 is 0 Å². The van der Waals surface area contributed by atoms with Crippen molar-refractivity contribution in [1.82, 2.24) is 10.2 Å². The highest BCUT2D eigenvalue weighted by atomic mass is 35.5. The zero-order chi connectivity index (χ0) is 26.8. The molecule has 3 aromatic rings. The predicted octanol–water partition coefficient (Wildman–Crippen LogP) is 7.08. The molecule has 0 bridgehead atoms. The first-order valence-corrected chi connectivity index (χ1v) is 14.1. The molecule has 0 radical (unpaired) electrons. The van der Waals surface area contributed by atoms with Crippen molar-refractivity contribution in [3.05, 3.63) is 101 Å². The number of benzene rings is 3. The number of carbonyl (C=O) groups is 2. The van der Waals surface area contributed by atoms with Gasteiger partial charge in [-0.3, -0.25) is 9.59 Å². The SMILES string of the molecule is Cc1ccccc1CN(C(=O)CCCSc1ccc(Cl)cc1)C(Cc1ccccc1)C(=O)NC(C)(C)C. The Hall–Kier alpha value is -2.76. The van der Waals surface area contributed by atoms with E-state index in [0.29, 0.717) is 24.4 Å². The summed E-state index contributed by atoms with van der Waals surface area (Å²) in [5.41, 5.74) is 2.78. The quantitative estimate of drug-likeness (QED) is 0.210. The molecule has 0 aliphatic heterocycles. The van der Waals surface area contributed by atoms with Gasteiger partial charge in [0, 0.05) is 34.8 Å². The van der Waals surface area contributed by atoms with Crippen LogP contribution in [0.3, 0.4) is 0 Å². The molecule has 0 heterocycles. The zero-order valence-corrected chi connectivity index (χ0v) is 23.7. The second kappa shape index (κ2) is 13.7. The minimum absolute atomic E-state index is 0.00931. The van der Waals surface area contributed by atoms with Crippen LogP contribution in [0.2, 0.25) is 5.02 Å². The summed E-state index contributed by atoms with van der Waals surface area (Å²) in [6.07, 6.45) is 1.55. The maximum atomic E-state index is 13.7. The molecule has 0 aliphatic rings. The zero-order valence-electron chi connectivity index (χ0n) is 22.2. The lowest BCUT2D eigenvalue weighted by molar-refractivity contribution is -0.142. The molecule has 2 amide bonds. The van der Waals surface area contributed by atoms with E-state index < -0.39 is 11.6 Å². The fraction of sp³-hybridized carbons (Fsp3) is 0.355. The molecular weight excluding hydrogens is 500 g/mol. The van der Waals surface area contributed by atoms with Crippen LogP contribution >= 0.6 is 23.4 Å². The molecule has 3 rings (SSSR count). The summed E-state index contributed by atoms with van der Waals surface area (Å²) in [6, 6.07) is 25.1. The van der Waals surface area contributed by atoms with Gasteiger partial charge in [0.1, 0.15) is 6.04 Å². The van der Waals surface area contributed by atoms with Gasteiger partial charge in [0.25, 0.3) is 0 Å². The maximum absolute atomic E-state index is 13.7. The number of hydrogen-bond acceptors (Lipinski definition) is 3. The lowest BCUT2D eigenvalue weighted by Gasteiger charge is -2.34. The molecule has 0 aliphatic carbocycles. The smallest absolute Gasteiger partial charge is 0.243 e. The van der Waals surface area contributed by atoms with Crippen molar-refractivity contribution in [3.63, 3.8) is 0 Å². The summed E-state index contributed by atoms with van der Waals surface area (Å²) in [6.45, 7) is 8.33. The number of hydrogen-bond donors (Lipinski definition) is 1. The monoisotopic (exact) mass is 536 g/mol. The second-order valence-electron chi connectivity index (χ2n) is 10.3. The van der Waals surface area contributed by atoms with Gasteiger partial charge in [-0.1, -0.05) is 66.2 Å². The third-order valence-electron chi connectivity index (χ3n) is 5.99. The average molecular weight is 537 g/mol. The van der Waals surface area contributed by atoms with Crippen LogP contribution in [-0.2, 0) is 22.6 Å². The number of carbonyl (C=O) groups excluding carboxylic acids is 2. The van der Waals surface area contributed by atoms with Gasteiger partial charge in [-0.25, -0.2) is 0 Å². The molecule has 1 unspecified atom stereocenters. The minimum Gasteiger partial charge on any atom is -0.350 e. The second-order valence-corrected chi connectivity index (χ2v) is 11.9. The molecule has 4 nitrogen and oxygen atoms in total.